The van der Waals surface area contributed by atoms with Crippen LogP contribution >= 0.6 is 15.9 Å². The van der Waals surface area contributed by atoms with Crippen molar-refractivity contribution in [3.05, 3.63) is 53.0 Å². The average Bonchev–Trinajstić information content (AvgIpc) is 2.63. The van der Waals surface area contributed by atoms with Crippen LogP contribution in [0.1, 0.15) is 19.3 Å². The van der Waals surface area contributed by atoms with Gasteiger partial charge in [-0.3, -0.25) is 4.79 Å². The van der Waals surface area contributed by atoms with E-state index in [1.54, 1.807) is 0 Å². The van der Waals surface area contributed by atoms with Crippen LogP contribution in [0.15, 0.2) is 53.0 Å². The Morgan fingerprint density at radius 2 is 1.54 bits per heavy atom. The fourth-order valence-electron chi connectivity index (χ4n) is 2.86. The van der Waals surface area contributed by atoms with Crippen LogP contribution in [-0.4, -0.2) is 25.5 Å². The molecule has 2 N–H and O–H groups in total. The third kappa shape index (κ3) is 4.74. The lowest BCUT2D eigenvalue weighted by atomic mass is 10.1. The van der Waals surface area contributed by atoms with Crippen molar-refractivity contribution in [3.8, 4) is 0 Å². The van der Waals surface area contributed by atoms with Crippen molar-refractivity contribution < 1.29 is 4.79 Å². The zero-order valence-electron chi connectivity index (χ0n) is 13.6. The van der Waals surface area contributed by atoms with E-state index in [1.807, 2.05) is 36.4 Å². The molecule has 3 rings (SSSR count). The smallest absolute Gasteiger partial charge is 0.243 e. The molecule has 0 aliphatic carbocycles. The maximum atomic E-state index is 12.0. The summed E-state index contributed by atoms with van der Waals surface area (Å²) in [7, 11) is 0. The SMILES string of the molecule is O=C(CNc1ccc(Br)cc1)Nc1ccc(N2CCCCC2)cc1. The van der Waals surface area contributed by atoms with Crippen LogP contribution in [0.25, 0.3) is 0 Å². The summed E-state index contributed by atoms with van der Waals surface area (Å²) in [6, 6.07) is 15.9. The highest BCUT2D eigenvalue weighted by Gasteiger charge is 2.10. The van der Waals surface area contributed by atoms with E-state index < -0.39 is 0 Å². The van der Waals surface area contributed by atoms with Gasteiger partial charge in [-0.25, -0.2) is 0 Å². The lowest BCUT2D eigenvalue weighted by molar-refractivity contribution is -0.114. The highest BCUT2D eigenvalue weighted by molar-refractivity contribution is 9.10. The molecule has 1 saturated heterocycles. The number of hydrogen-bond donors (Lipinski definition) is 2. The summed E-state index contributed by atoms with van der Waals surface area (Å²) in [5, 5.41) is 6.04. The maximum Gasteiger partial charge on any atom is 0.243 e. The van der Waals surface area contributed by atoms with E-state index in [1.165, 1.54) is 24.9 Å². The van der Waals surface area contributed by atoms with E-state index in [-0.39, 0.29) is 12.5 Å². The summed E-state index contributed by atoms with van der Waals surface area (Å²) in [5.74, 6) is -0.0522. The first kappa shape index (κ1) is 16.8. The van der Waals surface area contributed by atoms with Gasteiger partial charge in [-0.1, -0.05) is 15.9 Å². The highest BCUT2D eigenvalue weighted by Crippen LogP contribution is 2.21. The first-order valence-corrected chi connectivity index (χ1v) is 9.14. The topological polar surface area (TPSA) is 44.4 Å². The summed E-state index contributed by atoms with van der Waals surface area (Å²) in [4.78, 5) is 14.5. The number of nitrogens with zero attached hydrogens (tertiary/aromatic N) is 1. The van der Waals surface area contributed by atoms with E-state index in [0.29, 0.717) is 0 Å². The number of hydrogen-bond acceptors (Lipinski definition) is 3. The van der Waals surface area contributed by atoms with E-state index in [2.05, 4.69) is 43.6 Å². The van der Waals surface area contributed by atoms with E-state index in [4.69, 9.17) is 0 Å². The molecule has 0 saturated carbocycles. The number of halogens is 1. The third-order valence-electron chi connectivity index (χ3n) is 4.17. The Kier molecular flexibility index (Phi) is 5.75. The summed E-state index contributed by atoms with van der Waals surface area (Å²) < 4.78 is 1.02. The van der Waals surface area contributed by atoms with Crippen LogP contribution < -0.4 is 15.5 Å². The number of piperidine rings is 1. The zero-order valence-corrected chi connectivity index (χ0v) is 15.2. The summed E-state index contributed by atoms with van der Waals surface area (Å²) in [5.41, 5.74) is 2.99. The molecule has 1 amide bonds. The number of carbonyl (C=O) groups excluding carboxylic acids is 1. The van der Waals surface area contributed by atoms with Gasteiger partial charge in [-0.2, -0.15) is 0 Å². The predicted molar refractivity (Wildman–Crippen MR) is 104 cm³/mol. The van der Waals surface area contributed by atoms with Gasteiger partial charge in [0.2, 0.25) is 5.91 Å². The van der Waals surface area contributed by atoms with Gasteiger partial charge >= 0.3 is 0 Å². The second-order valence-corrected chi connectivity index (χ2v) is 6.92. The number of amides is 1. The molecule has 24 heavy (non-hydrogen) atoms. The Bertz CT molecular complexity index is 664. The average molecular weight is 388 g/mol. The summed E-state index contributed by atoms with van der Waals surface area (Å²) >= 11 is 3.39. The molecule has 0 bridgehead atoms. The number of rotatable bonds is 5. The standard InChI is InChI=1S/C19H22BrN3O/c20-15-4-6-16(7-5-15)21-14-19(24)22-17-8-10-18(11-9-17)23-12-2-1-3-13-23/h4-11,21H,1-3,12-14H2,(H,22,24). The van der Waals surface area contributed by atoms with Gasteiger partial charge in [0.05, 0.1) is 6.54 Å². The number of benzene rings is 2. The monoisotopic (exact) mass is 387 g/mol. The van der Waals surface area contributed by atoms with E-state index in [9.17, 15) is 4.79 Å². The molecule has 4 nitrogen and oxygen atoms in total. The maximum absolute atomic E-state index is 12.0. The Balaban J connectivity index is 1.49. The number of carbonyl (C=O) groups is 1. The normalized spacial score (nSPS) is 14.3. The van der Waals surface area contributed by atoms with E-state index in [0.717, 1.165) is 28.9 Å². The lowest BCUT2D eigenvalue weighted by Crippen LogP contribution is -2.29. The van der Waals surface area contributed by atoms with Crippen LogP contribution in [0.2, 0.25) is 0 Å². The van der Waals surface area contributed by atoms with E-state index >= 15 is 0 Å². The van der Waals surface area contributed by atoms with Crippen LogP contribution in [0.4, 0.5) is 17.1 Å². The predicted octanol–water partition coefficient (Wildman–Crippen LogP) is 4.49. The molecule has 1 heterocycles. The molecule has 0 unspecified atom stereocenters. The Morgan fingerprint density at radius 3 is 2.21 bits per heavy atom. The molecule has 0 aromatic heterocycles. The molecule has 1 fully saturated rings. The van der Waals surface area contributed by atoms with Gasteiger partial charge in [0.1, 0.15) is 0 Å². The zero-order chi connectivity index (χ0) is 16.8. The molecular weight excluding hydrogens is 366 g/mol. The van der Waals surface area contributed by atoms with Crippen molar-refractivity contribution in [2.75, 3.05) is 35.2 Å². The van der Waals surface area contributed by atoms with Gasteiger partial charge in [0, 0.05) is 34.6 Å². The summed E-state index contributed by atoms with van der Waals surface area (Å²) in [6.07, 6.45) is 3.86. The van der Waals surface area contributed by atoms with Gasteiger partial charge in [-0.05, 0) is 67.8 Å². The first-order valence-electron chi connectivity index (χ1n) is 8.35. The van der Waals surface area contributed by atoms with Crippen LogP contribution in [0, 0.1) is 0 Å². The fraction of sp³-hybridized carbons (Fsp3) is 0.316. The number of anilines is 3. The first-order chi connectivity index (χ1) is 11.7. The van der Waals surface area contributed by atoms with Crippen molar-refractivity contribution in [1.29, 1.82) is 0 Å². The highest BCUT2D eigenvalue weighted by atomic mass is 79.9. The minimum absolute atomic E-state index is 0.0522. The van der Waals surface area contributed by atoms with Crippen molar-refractivity contribution >= 4 is 38.9 Å². The largest absolute Gasteiger partial charge is 0.376 e. The molecule has 126 valence electrons. The van der Waals surface area contributed by atoms with Crippen LogP contribution in [0.3, 0.4) is 0 Å². The molecule has 1 aliphatic rings. The van der Waals surface area contributed by atoms with Gasteiger partial charge < -0.3 is 15.5 Å². The second kappa shape index (κ2) is 8.20. The van der Waals surface area contributed by atoms with Gasteiger partial charge in [0.25, 0.3) is 0 Å². The minimum atomic E-state index is -0.0522. The van der Waals surface area contributed by atoms with Crippen molar-refractivity contribution in [2.45, 2.75) is 19.3 Å². The van der Waals surface area contributed by atoms with Crippen LogP contribution in [0.5, 0.6) is 0 Å². The second-order valence-electron chi connectivity index (χ2n) is 6.00. The van der Waals surface area contributed by atoms with Crippen molar-refractivity contribution in [2.24, 2.45) is 0 Å². The molecule has 0 spiro atoms. The molecule has 1 aliphatic heterocycles. The minimum Gasteiger partial charge on any atom is -0.376 e. The fourth-order valence-corrected chi connectivity index (χ4v) is 3.13. The summed E-state index contributed by atoms with van der Waals surface area (Å²) in [6.45, 7) is 2.50. The molecule has 2 aromatic rings. The Labute approximate surface area is 151 Å². The molecule has 5 heteroatoms. The molecule has 2 aromatic carbocycles. The molecular formula is C19H22BrN3O. The third-order valence-corrected chi connectivity index (χ3v) is 4.70. The molecule has 0 atom stereocenters. The molecule has 0 radical (unpaired) electrons. The number of nitrogens with one attached hydrogen (secondary N) is 2. The van der Waals surface area contributed by atoms with Gasteiger partial charge in [-0.15, -0.1) is 0 Å². The quantitative estimate of drug-likeness (QED) is 0.793. The van der Waals surface area contributed by atoms with Crippen molar-refractivity contribution in [3.63, 3.8) is 0 Å². The lowest BCUT2D eigenvalue weighted by Gasteiger charge is -2.28. The Morgan fingerprint density at radius 1 is 0.917 bits per heavy atom. The Hall–Kier alpha value is -2.01. The van der Waals surface area contributed by atoms with Gasteiger partial charge in [0.15, 0.2) is 0 Å². The van der Waals surface area contributed by atoms with Crippen molar-refractivity contribution in [1.82, 2.24) is 0 Å². The van der Waals surface area contributed by atoms with Crippen LogP contribution in [-0.2, 0) is 4.79 Å².